The lowest BCUT2D eigenvalue weighted by Gasteiger charge is -2.38. The molecule has 3 rings (SSSR count). The van der Waals surface area contributed by atoms with Crippen LogP contribution in [0.25, 0.3) is 6.08 Å². The zero-order valence-corrected chi connectivity index (χ0v) is 14.4. The lowest BCUT2D eigenvalue weighted by atomic mass is 9.85. The van der Waals surface area contributed by atoms with Crippen molar-refractivity contribution >= 4 is 12.0 Å². The molecule has 0 bridgehead atoms. The number of aryl methyl sites for hydroxylation is 1. The maximum atomic E-state index is 12.4. The van der Waals surface area contributed by atoms with Crippen molar-refractivity contribution in [2.45, 2.75) is 31.8 Å². The maximum Gasteiger partial charge on any atom is 0.246 e. The molecule has 2 aromatic rings. The largest absolute Gasteiger partial charge is 0.389 e. The van der Waals surface area contributed by atoms with E-state index >= 15 is 0 Å². The Balaban J connectivity index is 1.55. The van der Waals surface area contributed by atoms with Crippen LogP contribution in [0.2, 0.25) is 0 Å². The normalized spacial score (nSPS) is 17.0. The molecule has 2 aromatic heterocycles. The highest BCUT2D eigenvalue weighted by Crippen LogP contribution is 2.26. The number of hydrogen-bond acceptors (Lipinski definition) is 4. The Morgan fingerprint density at radius 3 is 2.64 bits per heavy atom. The molecule has 0 unspecified atom stereocenters. The third kappa shape index (κ3) is 4.73. The smallest absolute Gasteiger partial charge is 0.246 e. The van der Waals surface area contributed by atoms with Gasteiger partial charge in [-0.2, -0.15) is 0 Å². The van der Waals surface area contributed by atoms with Crippen LogP contribution in [0.1, 0.15) is 29.5 Å². The van der Waals surface area contributed by atoms with Crippen molar-refractivity contribution in [1.29, 1.82) is 0 Å². The minimum atomic E-state index is -0.748. The quantitative estimate of drug-likeness (QED) is 0.870. The zero-order chi connectivity index (χ0) is 17.7. The number of piperidine rings is 1. The standard InChI is InChI=1S/C20H23N3O2/c1-16-12-18(15-22-14-16)2-3-19(24)23-10-6-20(25,7-11-23)13-17-4-8-21-9-5-17/h2-5,8-9,12,14-15,25H,6-7,10-11,13H2,1H3. The van der Waals surface area contributed by atoms with Crippen LogP contribution in [-0.2, 0) is 11.2 Å². The molecule has 0 saturated carbocycles. The summed E-state index contributed by atoms with van der Waals surface area (Å²) < 4.78 is 0. The molecule has 1 N–H and O–H groups in total. The van der Waals surface area contributed by atoms with Gasteiger partial charge in [-0.05, 0) is 60.7 Å². The summed E-state index contributed by atoms with van der Waals surface area (Å²) in [6, 6.07) is 5.84. The van der Waals surface area contributed by atoms with Crippen molar-refractivity contribution in [3.8, 4) is 0 Å². The molecule has 1 aliphatic heterocycles. The molecule has 0 aromatic carbocycles. The topological polar surface area (TPSA) is 66.3 Å². The molecule has 0 spiro atoms. The molecule has 1 amide bonds. The summed E-state index contributed by atoms with van der Waals surface area (Å²) in [5.41, 5.74) is 2.31. The summed E-state index contributed by atoms with van der Waals surface area (Å²) in [6.07, 6.45) is 12.1. The van der Waals surface area contributed by atoms with Gasteiger partial charge in [-0.25, -0.2) is 0 Å². The summed E-state index contributed by atoms with van der Waals surface area (Å²) in [6.45, 7) is 3.11. The van der Waals surface area contributed by atoms with Gasteiger partial charge in [0.2, 0.25) is 5.91 Å². The van der Waals surface area contributed by atoms with Crippen LogP contribution in [0.4, 0.5) is 0 Å². The summed E-state index contributed by atoms with van der Waals surface area (Å²) >= 11 is 0. The second-order valence-electron chi connectivity index (χ2n) is 6.71. The van der Waals surface area contributed by atoms with Gasteiger partial charge in [0.05, 0.1) is 5.60 Å². The first-order valence-electron chi connectivity index (χ1n) is 8.54. The first-order chi connectivity index (χ1) is 12.0. The van der Waals surface area contributed by atoms with E-state index in [1.54, 1.807) is 41.8 Å². The third-order valence-electron chi connectivity index (χ3n) is 4.60. The lowest BCUT2D eigenvalue weighted by molar-refractivity contribution is -0.130. The highest BCUT2D eigenvalue weighted by Gasteiger charge is 2.33. The van der Waals surface area contributed by atoms with Crippen molar-refractivity contribution in [1.82, 2.24) is 14.9 Å². The van der Waals surface area contributed by atoms with Gasteiger partial charge < -0.3 is 10.0 Å². The highest BCUT2D eigenvalue weighted by atomic mass is 16.3. The minimum absolute atomic E-state index is 0.0209. The van der Waals surface area contributed by atoms with Gasteiger partial charge in [-0.1, -0.05) is 0 Å². The Bertz CT molecular complexity index is 751. The average molecular weight is 337 g/mol. The van der Waals surface area contributed by atoms with Crippen molar-refractivity contribution < 1.29 is 9.90 Å². The molecule has 1 saturated heterocycles. The number of amides is 1. The zero-order valence-electron chi connectivity index (χ0n) is 14.4. The van der Waals surface area contributed by atoms with Crippen LogP contribution < -0.4 is 0 Å². The van der Waals surface area contributed by atoms with Gasteiger partial charge in [0.1, 0.15) is 0 Å². The Kier molecular flexibility index (Phi) is 5.24. The SMILES string of the molecule is Cc1cncc(C=CC(=O)N2CCC(O)(Cc3ccncc3)CC2)c1. The average Bonchev–Trinajstić information content (AvgIpc) is 2.61. The fourth-order valence-electron chi connectivity index (χ4n) is 3.14. The summed E-state index contributed by atoms with van der Waals surface area (Å²) in [7, 11) is 0. The van der Waals surface area contributed by atoms with Crippen LogP contribution in [0.15, 0.2) is 49.1 Å². The van der Waals surface area contributed by atoms with Crippen LogP contribution in [0.3, 0.4) is 0 Å². The van der Waals surface area contributed by atoms with Crippen LogP contribution in [0.5, 0.6) is 0 Å². The van der Waals surface area contributed by atoms with E-state index in [1.165, 1.54) is 0 Å². The molecule has 1 fully saturated rings. The number of nitrogens with zero attached hydrogens (tertiary/aromatic N) is 3. The molecule has 5 nitrogen and oxygen atoms in total. The number of carbonyl (C=O) groups excluding carboxylic acids is 1. The molecule has 130 valence electrons. The summed E-state index contributed by atoms with van der Waals surface area (Å²) in [5, 5.41) is 10.8. The Hall–Kier alpha value is -2.53. The Morgan fingerprint density at radius 1 is 1.24 bits per heavy atom. The first kappa shape index (κ1) is 17.3. The number of aliphatic hydroxyl groups is 1. The van der Waals surface area contributed by atoms with Gasteiger partial charge in [0.15, 0.2) is 0 Å². The van der Waals surface area contributed by atoms with E-state index in [1.807, 2.05) is 25.1 Å². The molecular weight excluding hydrogens is 314 g/mol. The number of aromatic nitrogens is 2. The molecule has 3 heterocycles. The molecule has 0 aliphatic carbocycles. The molecule has 0 radical (unpaired) electrons. The highest BCUT2D eigenvalue weighted by molar-refractivity contribution is 5.91. The monoisotopic (exact) mass is 337 g/mol. The minimum Gasteiger partial charge on any atom is -0.389 e. The van der Waals surface area contributed by atoms with Gasteiger partial charge in [0.25, 0.3) is 0 Å². The Morgan fingerprint density at radius 2 is 1.96 bits per heavy atom. The number of likely N-dealkylation sites (tertiary alicyclic amines) is 1. The van der Waals surface area contributed by atoms with Crippen molar-refractivity contribution in [3.05, 3.63) is 65.8 Å². The van der Waals surface area contributed by atoms with Crippen LogP contribution in [0, 0.1) is 6.92 Å². The first-order valence-corrected chi connectivity index (χ1v) is 8.54. The van der Waals surface area contributed by atoms with Crippen molar-refractivity contribution in [2.75, 3.05) is 13.1 Å². The predicted molar refractivity (Wildman–Crippen MR) is 96.7 cm³/mol. The van der Waals surface area contributed by atoms with Gasteiger partial charge >= 0.3 is 0 Å². The van der Waals surface area contributed by atoms with E-state index < -0.39 is 5.60 Å². The van der Waals surface area contributed by atoms with E-state index in [0.717, 1.165) is 16.7 Å². The van der Waals surface area contributed by atoms with E-state index in [2.05, 4.69) is 9.97 Å². The second-order valence-corrected chi connectivity index (χ2v) is 6.71. The van der Waals surface area contributed by atoms with Gasteiger partial charge in [-0.3, -0.25) is 14.8 Å². The van der Waals surface area contributed by atoms with E-state index in [9.17, 15) is 9.90 Å². The van der Waals surface area contributed by atoms with E-state index in [-0.39, 0.29) is 5.91 Å². The summed E-state index contributed by atoms with van der Waals surface area (Å²) in [4.78, 5) is 22.3. The van der Waals surface area contributed by atoms with Crippen LogP contribution >= 0.6 is 0 Å². The van der Waals surface area contributed by atoms with E-state index in [4.69, 9.17) is 0 Å². The van der Waals surface area contributed by atoms with E-state index in [0.29, 0.717) is 32.4 Å². The molecule has 25 heavy (non-hydrogen) atoms. The molecule has 1 aliphatic rings. The number of rotatable bonds is 4. The lowest BCUT2D eigenvalue weighted by Crippen LogP contribution is -2.47. The molecule has 5 heteroatoms. The number of pyridine rings is 2. The number of carbonyl (C=O) groups is 1. The van der Waals surface area contributed by atoms with Crippen LogP contribution in [-0.4, -0.2) is 44.6 Å². The summed E-state index contributed by atoms with van der Waals surface area (Å²) in [5.74, 6) is -0.0209. The third-order valence-corrected chi connectivity index (χ3v) is 4.60. The van der Waals surface area contributed by atoms with Gasteiger partial charge in [0, 0.05) is 50.4 Å². The Labute approximate surface area is 148 Å². The molecule has 0 atom stereocenters. The number of hydrogen-bond donors (Lipinski definition) is 1. The van der Waals surface area contributed by atoms with Gasteiger partial charge in [-0.15, -0.1) is 0 Å². The van der Waals surface area contributed by atoms with Crippen molar-refractivity contribution in [3.63, 3.8) is 0 Å². The predicted octanol–water partition coefficient (Wildman–Crippen LogP) is 2.39. The molecular formula is C20H23N3O2. The van der Waals surface area contributed by atoms with Crippen molar-refractivity contribution in [2.24, 2.45) is 0 Å². The fraction of sp³-hybridized carbons (Fsp3) is 0.350. The fourth-order valence-corrected chi connectivity index (χ4v) is 3.14. The maximum absolute atomic E-state index is 12.4. The second kappa shape index (κ2) is 7.57.